The summed E-state index contributed by atoms with van der Waals surface area (Å²) in [6.45, 7) is 8.43. The molecule has 2 heteroatoms. The van der Waals surface area contributed by atoms with E-state index in [0.29, 0.717) is 6.04 Å². The summed E-state index contributed by atoms with van der Waals surface area (Å²) in [6.07, 6.45) is 14.6. The third kappa shape index (κ3) is 5.37. The molecule has 0 aromatic heterocycles. The number of unbranched alkanes of at least 4 members (excludes halogenated alkanes) is 3. The molecule has 0 aromatic carbocycles. The first kappa shape index (κ1) is 16.3. The van der Waals surface area contributed by atoms with Crippen molar-refractivity contribution in [3.05, 3.63) is 0 Å². The molecule has 0 unspecified atom stereocenters. The molecular formula is C18H36N2. The summed E-state index contributed by atoms with van der Waals surface area (Å²) in [7, 11) is 0. The van der Waals surface area contributed by atoms with E-state index in [1.807, 2.05) is 0 Å². The third-order valence-electron chi connectivity index (χ3n) is 5.28. The van der Waals surface area contributed by atoms with Gasteiger partial charge in [-0.15, -0.1) is 0 Å². The van der Waals surface area contributed by atoms with E-state index in [1.54, 1.807) is 0 Å². The fourth-order valence-corrected chi connectivity index (χ4v) is 4.19. The third-order valence-corrected chi connectivity index (χ3v) is 5.28. The Hall–Kier alpha value is -0.0800. The minimum Gasteiger partial charge on any atom is -0.315 e. The zero-order chi connectivity index (χ0) is 14.2. The van der Waals surface area contributed by atoms with Gasteiger partial charge in [0.15, 0.2) is 0 Å². The van der Waals surface area contributed by atoms with Gasteiger partial charge in [0.2, 0.25) is 0 Å². The smallest absolute Gasteiger partial charge is 0.0123 e. The van der Waals surface area contributed by atoms with Crippen LogP contribution in [0.5, 0.6) is 0 Å². The number of rotatable bonds is 8. The summed E-state index contributed by atoms with van der Waals surface area (Å²) in [5.74, 6) is 1.05. The van der Waals surface area contributed by atoms with Crippen LogP contribution in [0.15, 0.2) is 0 Å². The van der Waals surface area contributed by atoms with Crippen molar-refractivity contribution in [2.75, 3.05) is 19.6 Å². The minimum absolute atomic E-state index is 0.645. The van der Waals surface area contributed by atoms with E-state index < -0.39 is 0 Å². The van der Waals surface area contributed by atoms with Crippen LogP contribution in [0.2, 0.25) is 0 Å². The highest BCUT2D eigenvalue weighted by atomic mass is 15.2. The molecule has 0 aromatic rings. The molecule has 2 aliphatic rings. The van der Waals surface area contributed by atoms with Crippen LogP contribution >= 0.6 is 0 Å². The first-order valence-corrected chi connectivity index (χ1v) is 9.25. The monoisotopic (exact) mass is 280 g/mol. The molecule has 0 amide bonds. The van der Waals surface area contributed by atoms with E-state index in [2.05, 4.69) is 24.1 Å². The van der Waals surface area contributed by atoms with Crippen LogP contribution in [0.4, 0.5) is 0 Å². The van der Waals surface area contributed by atoms with Crippen molar-refractivity contribution in [2.45, 2.75) is 90.1 Å². The second-order valence-electron chi connectivity index (χ2n) is 7.31. The molecule has 1 saturated heterocycles. The van der Waals surface area contributed by atoms with Gasteiger partial charge in [-0.3, -0.25) is 0 Å². The van der Waals surface area contributed by atoms with Crippen molar-refractivity contribution >= 4 is 0 Å². The van der Waals surface area contributed by atoms with Gasteiger partial charge in [0.05, 0.1) is 0 Å². The Balaban J connectivity index is 1.54. The van der Waals surface area contributed by atoms with Gasteiger partial charge in [0, 0.05) is 12.1 Å². The van der Waals surface area contributed by atoms with Crippen LogP contribution in [0.1, 0.15) is 78.1 Å². The highest BCUT2D eigenvalue weighted by Gasteiger charge is 2.32. The molecular weight excluding hydrogens is 244 g/mol. The summed E-state index contributed by atoms with van der Waals surface area (Å²) >= 11 is 0. The van der Waals surface area contributed by atoms with E-state index in [0.717, 1.165) is 12.0 Å². The largest absolute Gasteiger partial charge is 0.315 e. The molecule has 1 aliphatic carbocycles. The van der Waals surface area contributed by atoms with Crippen molar-refractivity contribution in [1.29, 1.82) is 0 Å². The van der Waals surface area contributed by atoms with Crippen LogP contribution in [0.3, 0.4) is 0 Å². The summed E-state index contributed by atoms with van der Waals surface area (Å²) < 4.78 is 0. The molecule has 0 spiro atoms. The van der Waals surface area contributed by atoms with Crippen LogP contribution in [-0.2, 0) is 0 Å². The van der Waals surface area contributed by atoms with Crippen LogP contribution in [0, 0.1) is 5.92 Å². The Kier molecular flexibility index (Phi) is 7.37. The van der Waals surface area contributed by atoms with Crippen LogP contribution < -0.4 is 5.32 Å². The Bertz CT molecular complexity index is 250. The van der Waals surface area contributed by atoms with Crippen LogP contribution in [-0.4, -0.2) is 36.6 Å². The molecule has 1 heterocycles. The molecule has 1 aliphatic heterocycles. The molecule has 0 radical (unpaired) electrons. The number of hydrogen-bond donors (Lipinski definition) is 1. The predicted octanol–water partition coefficient (Wildman–Crippen LogP) is 4.20. The Morgan fingerprint density at radius 2 is 1.70 bits per heavy atom. The van der Waals surface area contributed by atoms with Gasteiger partial charge < -0.3 is 10.2 Å². The quantitative estimate of drug-likeness (QED) is 0.670. The lowest BCUT2D eigenvalue weighted by Gasteiger charge is -2.44. The molecule has 2 fully saturated rings. The van der Waals surface area contributed by atoms with Gasteiger partial charge in [-0.05, 0) is 64.1 Å². The molecule has 2 nitrogen and oxygen atoms in total. The number of fused-ring (bicyclic) bond motifs is 1. The number of piperidine rings is 1. The second-order valence-corrected chi connectivity index (χ2v) is 7.31. The van der Waals surface area contributed by atoms with Crippen LogP contribution in [0.25, 0.3) is 0 Å². The average Bonchev–Trinajstić information content (AvgIpc) is 2.46. The Morgan fingerprint density at radius 1 is 0.950 bits per heavy atom. The summed E-state index contributed by atoms with van der Waals surface area (Å²) in [5.41, 5.74) is 0. The van der Waals surface area contributed by atoms with Crippen molar-refractivity contribution < 1.29 is 0 Å². The van der Waals surface area contributed by atoms with Crippen molar-refractivity contribution in [2.24, 2.45) is 5.92 Å². The van der Waals surface area contributed by atoms with E-state index in [1.165, 1.54) is 83.8 Å². The maximum atomic E-state index is 3.51. The molecule has 2 rings (SSSR count). The van der Waals surface area contributed by atoms with Gasteiger partial charge in [0.1, 0.15) is 0 Å². The standard InChI is InChI=1S/C18H36N2/c1-16(2)19-13-7-3-4-8-14-20-15-9-11-17-10-5-6-12-18(17)20/h16-19H,3-15H2,1-2H3/t17-,18-/m1/s1. The highest BCUT2D eigenvalue weighted by Crippen LogP contribution is 2.35. The van der Waals surface area contributed by atoms with Crippen molar-refractivity contribution in [1.82, 2.24) is 10.2 Å². The topological polar surface area (TPSA) is 15.3 Å². The highest BCUT2D eigenvalue weighted by molar-refractivity contribution is 4.87. The number of nitrogens with one attached hydrogen (secondary N) is 1. The fourth-order valence-electron chi connectivity index (χ4n) is 4.19. The number of likely N-dealkylation sites (tertiary alicyclic amines) is 1. The second kappa shape index (κ2) is 9.04. The fraction of sp³-hybridized carbons (Fsp3) is 1.00. The molecule has 20 heavy (non-hydrogen) atoms. The molecule has 2 atom stereocenters. The van der Waals surface area contributed by atoms with Crippen molar-refractivity contribution in [3.8, 4) is 0 Å². The van der Waals surface area contributed by atoms with Gasteiger partial charge in [-0.2, -0.15) is 0 Å². The first-order valence-electron chi connectivity index (χ1n) is 9.25. The lowest BCUT2D eigenvalue weighted by atomic mass is 9.78. The Morgan fingerprint density at radius 3 is 2.55 bits per heavy atom. The van der Waals surface area contributed by atoms with Gasteiger partial charge >= 0.3 is 0 Å². The van der Waals surface area contributed by atoms with Gasteiger partial charge in [0.25, 0.3) is 0 Å². The molecule has 1 N–H and O–H groups in total. The van der Waals surface area contributed by atoms with Gasteiger partial charge in [-0.1, -0.05) is 39.5 Å². The summed E-state index contributed by atoms with van der Waals surface area (Å²) in [6, 6.07) is 1.60. The maximum Gasteiger partial charge on any atom is 0.0123 e. The van der Waals surface area contributed by atoms with Gasteiger partial charge in [-0.25, -0.2) is 0 Å². The van der Waals surface area contributed by atoms with E-state index in [-0.39, 0.29) is 0 Å². The van der Waals surface area contributed by atoms with E-state index in [4.69, 9.17) is 0 Å². The molecule has 0 bridgehead atoms. The minimum atomic E-state index is 0.645. The predicted molar refractivity (Wildman–Crippen MR) is 88.2 cm³/mol. The first-order chi connectivity index (χ1) is 9.77. The Labute approximate surface area is 126 Å². The van der Waals surface area contributed by atoms with E-state index >= 15 is 0 Å². The lowest BCUT2D eigenvalue weighted by Crippen LogP contribution is -2.47. The normalized spacial score (nSPS) is 27.8. The van der Waals surface area contributed by atoms with E-state index in [9.17, 15) is 0 Å². The SMILES string of the molecule is CC(C)NCCCCCCN1CCC[C@H]2CCCC[C@H]21. The average molecular weight is 280 g/mol. The van der Waals surface area contributed by atoms with Crippen molar-refractivity contribution in [3.63, 3.8) is 0 Å². The molecule has 118 valence electrons. The zero-order valence-electron chi connectivity index (χ0n) is 13.9. The zero-order valence-corrected chi connectivity index (χ0v) is 13.9. The summed E-state index contributed by atoms with van der Waals surface area (Å²) in [4.78, 5) is 2.85. The number of hydrogen-bond acceptors (Lipinski definition) is 2. The molecule has 1 saturated carbocycles. The summed E-state index contributed by atoms with van der Waals surface area (Å²) in [5, 5.41) is 3.51. The lowest BCUT2D eigenvalue weighted by molar-refractivity contribution is 0.0595. The number of nitrogens with zero attached hydrogens (tertiary/aromatic N) is 1. The maximum absolute atomic E-state index is 3.51.